The molecule has 0 aromatic rings. The summed E-state index contributed by atoms with van der Waals surface area (Å²) in [6.45, 7) is 12.6. The number of allylic oxidation sites excluding steroid dienone is 2. The van der Waals surface area contributed by atoms with Crippen LogP contribution in [-0.4, -0.2) is 24.3 Å². The Kier molecular flexibility index (Phi) is 4.62. The maximum atomic E-state index is 6.87. The molecule has 2 nitrogen and oxygen atoms in total. The van der Waals surface area contributed by atoms with Crippen molar-refractivity contribution in [3.63, 3.8) is 0 Å². The molecule has 0 bridgehead atoms. The minimum atomic E-state index is 0.158. The van der Waals surface area contributed by atoms with Crippen LogP contribution in [0.5, 0.6) is 0 Å². The minimum absolute atomic E-state index is 0.158. The van der Waals surface area contributed by atoms with Crippen LogP contribution in [0.2, 0.25) is 0 Å². The van der Waals surface area contributed by atoms with Crippen molar-refractivity contribution in [1.29, 1.82) is 0 Å². The Hall–Kier alpha value is -0.340. The van der Waals surface area contributed by atoms with Crippen molar-refractivity contribution < 1.29 is 4.74 Å². The van der Waals surface area contributed by atoms with Gasteiger partial charge in [-0.1, -0.05) is 45.8 Å². The van der Waals surface area contributed by atoms with Crippen molar-refractivity contribution >= 4 is 0 Å². The molecule has 30 heavy (non-hydrogen) atoms. The van der Waals surface area contributed by atoms with Crippen molar-refractivity contribution in [2.24, 2.45) is 46.8 Å². The van der Waals surface area contributed by atoms with Gasteiger partial charge < -0.3 is 10.1 Å². The fourth-order valence-electron chi connectivity index (χ4n) is 10.3. The van der Waals surface area contributed by atoms with Crippen LogP contribution < -0.4 is 5.32 Å². The molecule has 0 aromatic carbocycles. The second-order valence-corrected chi connectivity index (χ2v) is 13.0. The highest BCUT2D eigenvalue weighted by Gasteiger charge is 2.64. The molecule has 10 atom stereocenters. The number of ether oxygens (including phenoxy) is 1. The Morgan fingerprint density at radius 3 is 2.70 bits per heavy atom. The van der Waals surface area contributed by atoms with Gasteiger partial charge in [-0.3, -0.25) is 0 Å². The van der Waals surface area contributed by atoms with Crippen LogP contribution in [-0.2, 0) is 4.74 Å². The Morgan fingerprint density at radius 2 is 1.90 bits per heavy atom. The second kappa shape index (κ2) is 6.83. The highest BCUT2D eigenvalue weighted by atomic mass is 16.5. The third-order valence-corrected chi connectivity index (χ3v) is 11.7. The Labute approximate surface area is 185 Å². The topological polar surface area (TPSA) is 21.3 Å². The average Bonchev–Trinajstić information content (AvgIpc) is 3.23. The minimum Gasteiger partial charge on any atom is -0.373 e. The second-order valence-electron chi connectivity index (χ2n) is 13.0. The van der Waals surface area contributed by atoms with Crippen molar-refractivity contribution in [1.82, 2.24) is 5.32 Å². The zero-order chi connectivity index (χ0) is 20.7. The van der Waals surface area contributed by atoms with E-state index in [9.17, 15) is 0 Å². The van der Waals surface area contributed by atoms with Gasteiger partial charge in [-0.05, 0) is 111 Å². The van der Waals surface area contributed by atoms with Crippen LogP contribution in [0.3, 0.4) is 0 Å². The molecular weight excluding hydrogens is 366 g/mol. The summed E-state index contributed by atoms with van der Waals surface area (Å²) in [6.07, 6.45) is 16.5. The van der Waals surface area contributed by atoms with Crippen molar-refractivity contribution in [3.8, 4) is 0 Å². The molecule has 0 amide bonds. The number of rotatable bonds is 0. The maximum Gasteiger partial charge on any atom is 0.0730 e. The van der Waals surface area contributed by atoms with Gasteiger partial charge in [-0.2, -0.15) is 0 Å². The molecule has 1 N–H and O–H groups in total. The monoisotopic (exact) mass is 411 g/mol. The van der Waals surface area contributed by atoms with E-state index >= 15 is 0 Å². The van der Waals surface area contributed by atoms with Crippen LogP contribution in [0.25, 0.3) is 0 Å². The predicted molar refractivity (Wildman–Crippen MR) is 123 cm³/mol. The molecule has 2 heterocycles. The third kappa shape index (κ3) is 2.68. The summed E-state index contributed by atoms with van der Waals surface area (Å²) < 4.78 is 6.87. The largest absolute Gasteiger partial charge is 0.373 e. The summed E-state index contributed by atoms with van der Waals surface area (Å²) in [5.41, 5.74) is 2.79. The van der Waals surface area contributed by atoms with Gasteiger partial charge in [-0.15, -0.1) is 0 Å². The molecule has 6 rings (SSSR count). The molecular formula is C28H45NO. The molecule has 4 aliphatic carbocycles. The SMILES string of the molecule is CC1CCC2(C)C(=CCC3C4CCC5(CC6(CCCCN6)CO5)C(C)C4C(C)C32)C1. The van der Waals surface area contributed by atoms with E-state index in [2.05, 4.69) is 39.1 Å². The standard InChI is InChI=1S/C28H45NO/c1-18-9-12-26(4)21(15-18)7-8-23-22-10-13-28(20(3)24(22)19(2)25(23)26)16-27(17-30-28)11-5-6-14-29-27/h7,18-20,22-25,29H,5-6,8-17H2,1-4H3. The Morgan fingerprint density at radius 1 is 1.03 bits per heavy atom. The van der Waals surface area contributed by atoms with Crippen molar-refractivity contribution in [2.45, 2.75) is 103 Å². The molecule has 2 spiro atoms. The van der Waals surface area contributed by atoms with Crippen LogP contribution in [0.4, 0.5) is 0 Å². The first-order valence-corrected chi connectivity index (χ1v) is 13.5. The summed E-state index contributed by atoms with van der Waals surface area (Å²) >= 11 is 0. The smallest absolute Gasteiger partial charge is 0.0730 e. The molecule has 0 radical (unpaired) electrons. The molecule has 2 heteroatoms. The molecule has 10 unspecified atom stereocenters. The van der Waals surface area contributed by atoms with Gasteiger partial charge in [0.05, 0.1) is 12.2 Å². The van der Waals surface area contributed by atoms with Gasteiger partial charge in [0.2, 0.25) is 0 Å². The quantitative estimate of drug-likeness (QED) is 0.468. The van der Waals surface area contributed by atoms with E-state index in [0.29, 0.717) is 11.0 Å². The zero-order valence-corrected chi connectivity index (χ0v) is 20.0. The van der Waals surface area contributed by atoms with E-state index in [4.69, 9.17) is 4.74 Å². The van der Waals surface area contributed by atoms with Gasteiger partial charge in [0.15, 0.2) is 0 Å². The van der Waals surface area contributed by atoms with Crippen molar-refractivity contribution in [2.75, 3.05) is 13.2 Å². The summed E-state index contributed by atoms with van der Waals surface area (Å²) in [7, 11) is 0. The average molecular weight is 412 g/mol. The molecule has 2 saturated heterocycles. The summed E-state index contributed by atoms with van der Waals surface area (Å²) in [6, 6.07) is 0. The molecule has 3 saturated carbocycles. The number of nitrogens with one attached hydrogen (secondary N) is 1. The van der Waals surface area contributed by atoms with Crippen LogP contribution in [0, 0.1) is 46.8 Å². The van der Waals surface area contributed by atoms with Crippen LogP contribution in [0.1, 0.15) is 91.9 Å². The molecule has 5 fully saturated rings. The normalized spacial score (nSPS) is 57.7. The Bertz CT molecular complexity index is 722. The number of piperidine rings is 1. The van der Waals surface area contributed by atoms with Crippen LogP contribution in [0.15, 0.2) is 11.6 Å². The van der Waals surface area contributed by atoms with Gasteiger partial charge in [0.1, 0.15) is 0 Å². The molecule has 2 aliphatic heterocycles. The maximum absolute atomic E-state index is 6.87. The van der Waals surface area contributed by atoms with E-state index in [1.54, 1.807) is 0 Å². The highest BCUT2D eigenvalue weighted by Crippen LogP contribution is 2.68. The van der Waals surface area contributed by atoms with E-state index in [0.717, 1.165) is 48.0 Å². The lowest BCUT2D eigenvalue weighted by Gasteiger charge is -2.50. The summed E-state index contributed by atoms with van der Waals surface area (Å²) in [5, 5.41) is 3.92. The zero-order valence-electron chi connectivity index (χ0n) is 20.0. The first-order chi connectivity index (χ1) is 14.4. The lowest BCUT2D eigenvalue weighted by Crippen LogP contribution is -2.52. The summed E-state index contributed by atoms with van der Waals surface area (Å²) in [5.74, 6) is 6.14. The van der Waals surface area contributed by atoms with Gasteiger partial charge in [0.25, 0.3) is 0 Å². The fourth-order valence-corrected chi connectivity index (χ4v) is 10.3. The number of fused-ring (bicyclic) bond motifs is 5. The molecule has 0 aromatic heterocycles. The van der Waals surface area contributed by atoms with E-state index in [1.807, 2.05) is 5.57 Å². The van der Waals surface area contributed by atoms with E-state index in [-0.39, 0.29) is 5.60 Å². The summed E-state index contributed by atoms with van der Waals surface area (Å²) in [4.78, 5) is 0. The third-order valence-electron chi connectivity index (χ3n) is 11.7. The van der Waals surface area contributed by atoms with E-state index < -0.39 is 0 Å². The van der Waals surface area contributed by atoms with Crippen molar-refractivity contribution in [3.05, 3.63) is 11.6 Å². The van der Waals surface area contributed by atoms with Gasteiger partial charge in [-0.25, -0.2) is 0 Å². The lowest BCUT2D eigenvalue weighted by molar-refractivity contribution is -0.104. The number of hydrogen-bond acceptors (Lipinski definition) is 2. The first kappa shape index (κ1) is 20.3. The van der Waals surface area contributed by atoms with Gasteiger partial charge in [0, 0.05) is 5.54 Å². The predicted octanol–water partition coefficient (Wildman–Crippen LogP) is 6.36. The first-order valence-electron chi connectivity index (χ1n) is 13.5. The highest BCUT2D eigenvalue weighted by molar-refractivity contribution is 5.26. The molecule has 6 aliphatic rings. The lowest BCUT2D eigenvalue weighted by atomic mass is 9.54. The van der Waals surface area contributed by atoms with Gasteiger partial charge >= 0.3 is 0 Å². The fraction of sp³-hybridized carbons (Fsp3) is 0.929. The molecule has 168 valence electrons. The Balaban J connectivity index is 1.28. The van der Waals surface area contributed by atoms with E-state index in [1.165, 1.54) is 70.8 Å². The number of hydrogen-bond donors (Lipinski definition) is 1. The van der Waals surface area contributed by atoms with Crippen LogP contribution >= 0.6 is 0 Å².